The van der Waals surface area contributed by atoms with Crippen LogP contribution in [0.4, 0.5) is 0 Å². The Kier molecular flexibility index (Phi) is 3.29. The van der Waals surface area contributed by atoms with Gasteiger partial charge in [-0.15, -0.1) is 0 Å². The van der Waals surface area contributed by atoms with Crippen molar-refractivity contribution in [3.63, 3.8) is 0 Å². The highest BCUT2D eigenvalue weighted by Gasteiger charge is 2.18. The van der Waals surface area contributed by atoms with Crippen LogP contribution in [0, 0.1) is 6.92 Å². The van der Waals surface area contributed by atoms with Crippen LogP contribution in [0.2, 0.25) is 0 Å². The van der Waals surface area contributed by atoms with Gasteiger partial charge in [0.15, 0.2) is 0 Å². The minimum atomic E-state index is -3.59. The van der Waals surface area contributed by atoms with Gasteiger partial charge in [0.25, 0.3) is 10.1 Å². The maximum atomic E-state index is 11.6. The molecular formula is C10H14O3S. The van der Waals surface area contributed by atoms with E-state index in [4.69, 9.17) is 4.18 Å². The van der Waals surface area contributed by atoms with Crippen LogP contribution in [0.1, 0.15) is 19.4 Å². The summed E-state index contributed by atoms with van der Waals surface area (Å²) < 4.78 is 28.2. The second kappa shape index (κ2) is 4.11. The van der Waals surface area contributed by atoms with Gasteiger partial charge in [0, 0.05) is 0 Å². The summed E-state index contributed by atoms with van der Waals surface area (Å²) in [6, 6.07) is 6.77. The number of hydrogen-bond donors (Lipinski definition) is 0. The van der Waals surface area contributed by atoms with Gasteiger partial charge < -0.3 is 0 Å². The van der Waals surface area contributed by atoms with Gasteiger partial charge in [0.2, 0.25) is 0 Å². The van der Waals surface area contributed by atoms with Crippen LogP contribution in [-0.4, -0.2) is 14.5 Å². The van der Waals surface area contributed by atoms with E-state index in [-0.39, 0.29) is 11.0 Å². The fraction of sp³-hybridized carbons (Fsp3) is 0.400. The van der Waals surface area contributed by atoms with Gasteiger partial charge in [0.05, 0.1) is 11.0 Å². The van der Waals surface area contributed by atoms with Crippen LogP contribution in [0.25, 0.3) is 0 Å². The van der Waals surface area contributed by atoms with Gasteiger partial charge in [-0.25, -0.2) is 0 Å². The van der Waals surface area contributed by atoms with E-state index in [0.717, 1.165) is 0 Å². The minimum absolute atomic E-state index is 0.244. The third-order valence-electron chi connectivity index (χ3n) is 1.68. The lowest BCUT2D eigenvalue weighted by Gasteiger charge is -2.09. The number of hydrogen-bond acceptors (Lipinski definition) is 3. The van der Waals surface area contributed by atoms with E-state index in [9.17, 15) is 8.42 Å². The first-order valence-corrected chi connectivity index (χ1v) is 5.83. The zero-order valence-corrected chi connectivity index (χ0v) is 9.34. The van der Waals surface area contributed by atoms with Crippen molar-refractivity contribution in [2.45, 2.75) is 31.8 Å². The molecule has 78 valence electrons. The van der Waals surface area contributed by atoms with E-state index < -0.39 is 10.1 Å². The van der Waals surface area contributed by atoms with Crippen LogP contribution in [-0.2, 0) is 14.3 Å². The molecule has 0 bridgehead atoms. The summed E-state index contributed by atoms with van der Waals surface area (Å²) in [4.78, 5) is 0.244. The smallest absolute Gasteiger partial charge is 0.264 e. The van der Waals surface area contributed by atoms with Crippen molar-refractivity contribution in [1.29, 1.82) is 0 Å². The van der Waals surface area contributed by atoms with E-state index in [1.54, 1.807) is 45.0 Å². The van der Waals surface area contributed by atoms with Crippen LogP contribution < -0.4 is 0 Å². The molecule has 4 heteroatoms. The van der Waals surface area contributed by atoms with Crippen LogP contribution in [0.15, 0.2) is 29.2 Å². The van der Waals surface area contributed by atoms with Gasteiger partial charge in [-0.2, -0.15) is 8.42 Å². The largest absolute Gasteiger partial charge is 0.297 e. The lowest BCUT2D eigenvalue weighted by atomic mass is 10.2. The predicted molar refractivity (Wildman–Crippen MR) is 54.6 cm³/mol. The summed E-state index contributed by atoms with van der Waals surface area (Å²) in [7, 11) is -3.59. The fourth-order valence-electron chi connectivity index (χ4n) is 1.14. The lowest BCUT2D eigenvalue weighted by molar-refractivity contribution is 0.249. The van der Waals surface area contributed by atoms with Crippen molar-refractivity contribution in [1.82, 2.24) is 0 Å². The monoisotopic (exact) mass is 214 g/mol. The Labute approximate surface area is 84.8 Å². The highest BCUT2D eigenvalue weighted by molar-refractivity contribution is 7.86. The van der Waals surface area contributed by atoms with E-state index in [1.165, 1.54) is 0 Å². The average Bonchev–Trinajstić information content (AvgIpc) is 2.02. The summed E-state index contributed by atoms with van der Waals surface area (Å²) >= 11 is 0. The fourth-order valence-corrected chi connectivity index (χ4v) is 2.46. The van der Waals surface area contributed by atoms with Crippen LogP contribution in [0.5, 0.6) is 0 Å². The Morgan fingerprint density at radius 1 is 1.21 bits per heavy atom. The zero-order chi connectivity index (χ0) is 10.8. The summed E-state index contributed by atoms with van der Waals surface area (Å²) in [6.45, 7) is 5.13. The van der Waals surface area contributed by atoms with Crippen molar-refractivity contribution in [3.8, 4) is 0 Å². The molecule has 0 spiro atoms. The molecule has 0 saturated heterocycles. The molecule has 14 heavy (non-hydrogen) atoms. The summed E-state index contributed by atoms with van der Waals surface area (Å²) in [5, 5.41) is 0. The molecule has 0 aliphatic rings. The Hall–Kier alpha value is -0.870. The van der Waals surface area contributed by atoms with E-state index >= 15 is 0 Å². The van der Waals surface area contributed by atoms with E-state index in [2.05, 4.69) is 0 Å². The molecule has 0 unspecified atom stereocenters. The lowest BCUT2D eigenvalue weighted by Crippen LogP contribution is -2.13. The maximum absolute atomic E-state index is 11.6. The quantitative estimate of drug-likeness (QED) is 0.724. The summed E-state index contributed by atoms with van der Waals surface area (Å²) in [5.74, 6) is 0. The zero-order valence-electron chi connectivity index (χ0n) is 8.52. The number of rotatable bonds is 3. The molecule has 0 aliphatic heterocycles. The average molecular weight is 214 g/mol. The first-order chi connectivity index (χ1) is 6.43. The van der Waals surface area contributed by atoms with Gasteiger partial charge in [-0.1, -0.05) is 18.2 Å². The summed E-state index contributed by atoms with van der Waals surface area (Å²) in [6.07, 6.45) is -0.334. The molecule has 0 amide bonds. The molecule has 1 aromatic carbocycles. The Balaban J connectivity index is 3.11. The molecule has 0 N–H and O–H groups in total. The molecular weight excluding hydrogens is 200 g/mol. The SMILES string of the molecule is Cc1ccccc1S(=O)(=O)OC(C)C. The Morgan fingerprint density at radius 2 is 1.79 bits per heavy atom. The molecule has 3 nitrogen and oxygen atoms in total. The molecule has 0 radical (unpaired) electrons. The van der Waals surface area contributed by atoms with Crippen molar-refractivity contribution >= 4 is 10.1 Å². The second-order valence-corrected chi connectivity index (χ2v) is 4.91. The van der Waals surface area contributed by atoms with Crippen LogP contribution in [0.3, 0.4) is 0 Å². The van der Waals surface area contributed by atoms with Crippen molar-refractivity contribution in [3.05, 3.63) is 29.8 Å². The van der Waals surface area contributed by atoms with Crippen molar-refractivity contribution in [2.24, 2.45) is 0 Å². The molecule has 0 saturated carbocycles. The third kappa shape index (κ3) is 2.56. The highest BCUT2D eigenvalue weighted by Crippen LogP contribution is 2.17. The Bertz CT molecular complexity index is 407. The van der Waals surface area contributed by atoms with Gasteiger partial charge >= 0.3 is 0 Å². The Morgan fingerprint density at radius 3 is 2.29 bits per heavy atom. The molecule has 0 heterocycles. The van der Waals surface area contributed by atoms with Gasteiger partial charge in [-0.05, 0) is 32.4 Å². The molecule has 0 aromatic heterocycles. The number of aryl methyl sites for hydroxylation is 1. The maximum Gasteiger partial charge on any atom is 0.297 e. The topological polar surface area (TPSA) is 43.4 Å². The second-order valence-electron chi connectivity index (χ2n) is 3.36. The third-order valence-corrected chi connectivity index (χ3v) is 3.32. The molecule has 0 atom stereocenters. The summed E-state index contributed by atoms with van der Waals surface area (Å²) in [5.41, 5.74) is 0.702. The van der Waals surface area contributed by atoms with Crippen molar-refractivity contribution in [2.75, 3.05) is 0 Å². The minimum Gasteiger partial charge on any atom is -0.264 e. The normalized spacial score (nSPS) is 12.0. The molecule has 1 rings (SSSR count). The first kappa shape index (κ1) is 11.2. The van der Waals surface area contributed by atoms with Crippen LogP contribution >= 0.6 is 0 Å². The molecule has 1 aromatic rings. The molecule has 0 aliphatic carbocycles. The van der Waals surface area contributed by atoms with E-state index in [0.29, 0.717) is 5.56 Å². The standard InChI is InChI=1S/C10H14O3S/c1-8(2)13-14(11,12)10-7-5-4-6-9(10)3/h4-8H,1-3H3. The van der Waals surface area contributed by atoms with E-state index in [1.807, 2.05) is 0 Å². The number of benzene rings is 1. The van der Waals surface area contributed by atoms with Gasteiger partial charge in [0.1, 0.15) is 0 Å². The first-order valence-electron chi connectivity index (χ1n) is 4.42. The van der Waals surface area contributed by atoms with Gasteiger partial charge in [-0.3, -0.25) is 4.18 Å². The predicted octanol–water partition coefficient (Wildman–Crippen LogP) is 2.11. The van der Waals surface area contributed by atoms with Crippen molar-refractivity contribution < 1.29 is 12.6 Å². The molecule has 0 fully saturated rings. The highest BCUT2D eigenvalue weighted by atomic mass is 32.2.